The van der Waals surface area contributed by atoms with E-state index >= 15 is 0 Å². The standard InChI is InChI=1S/C16H17BrOS/c1-4-16(2,3)12-7-5-11(6-8-12)15(18)13-9-10-14(17)19-13/h5-10H,4H2,1-3H3. The Morgan fingerprint density at radius 3 is 2.26 bits per heavy atom. The fourth-order valence-electron chi connectivity index (χ4n) is 1.86. The molecule has 0 radical (unpaired) electrons. The molecule has 0 amide bonds. The van der Waals surface area contributed by atoms with Gasteiger partial charge in [0.15, 0.2) is 0 Å². The minimum Gasteiger partial charge on any atom is -0.288 e. The highest BCUT2D eigenvalue weighted by Crippen LogP contribution is 2.28. The van der Waals surface area contributed by atoms with Crippen molar-refractivity contribution in [2.75, 3.05) is 0 Å². The van der Waals surface area contributed by atoms with Crippen LogP contribution < -0.4 is 0 Å². The van der Waals surface area contributed by atoms with Gasteiger partial charge in [-0.1, -0.05) is 45.0 Å². The van der Waals surface area contributed by atoms with E-state index in [-0.39, 0.29) is 11.2 Å². The van der Waals surface area contributed by atoms with Gasteiger partial charge < -0.3 is 0 Å². The summed E-state index contributed by atoms with van der Waals surface area (Å²) in [5.74, 6) is 0.0940. The molecule has 1 aromatic heterocycles. The molecule has 0 bridgehead atoms. The van der Waals surface area contributed by atoms with Crippen molar-refractivity contribution < 1.29 is 4.79 Å². The number of ketones is 1. The monoisotopic (exact) mass is 336 g/mol. The van der Waals surface area contributed by atoms with E-state index in [1.807, 2.05) is 24.3 Å². The van der Waals surface area contributed by atoms with Crippen molar-refractivity contribution in [2.24, 2.45) is 0 Å². The molecular formula is C16H17BrOS. The Bertz CT molecular complexity index is 581. The Kier molecular flexibility index (Phi) is 4.26. The maximum absolute atomic E-state index is 12.3. The maximum Gasteiger partial charge on any atom is 0.202 e. The number of hydrogen-bond donors (Lipinski definition) is 0. The zero-order valence-corrected chi connectivity index (χ0v) is 13.8. The SMILES string of the molecule is CCC(C)(C)c1ccc(C(=O)c2ccc(Br)s2)cc1. The first-order valence-electron chi connectivity index (χ1n) is 6.34. The van der Waals surface area contributed by atoms with Crippen LogP contribution in [0.2, 0.25) is 0 Å². The largest absolute Gasteiger partial charge is 0.288 e. The van der Waals surface area contributed by atoms with Crippen molar-refractivity contribution >= 4 is 33.0 Å². The lowest BCUT2D eigenvalue weighted by Crippen LogP contribution is -2.15. The molecule has 0 atom stereocenters. The second kappa shape index (κ2) is 5.59. The third kappa shape index (κ3) is 3.15. The topological polar surface area (TPSA) is 17.1 Å². The highest BCUT2D eigenvalue weighted by molar-refractivity contribution is 9.11. The number of benzene rings is 1. The molecule has 2 rings (SSSR count). The Hall–Kier alpha value is -0.930. The number of carbonyl (C=O) groups is 1. The number of hydrogen-bond acceptors (Lipinski definition) is 2. The smallest absolute Gasteiger partial charge is 0.202 e. The molecule has 19 heavy (non-hydrogen) atoms. The van der Waals surface area contributed by atoms with E-state index in [4.69, 9.17) is 0 Å². The van der Waals surface area contributed by atoms with Crippen molar-refractivity contribution in [2.45, 2.75) is 32.6 Å². The highest BCUT2D eigenvalue weighted by Gasteiger charge is 2.18. The summed E-state index contributed by atoms with van der Waals surface area (Å²) in [6.45, 7) is 6.63. The number of thiophene rings is 1. The molecule has 0 spiro atoms. The molecule has 0 N–H and O–H groups in total. The van der Waals surface area contributed by atoms with Gasteiger partial charge in [-0.3, -0.25) is 4.79 Å². The van der Waals surface area contributed by atoms with Crippen LogP contribution >= 0.6 is 27.3 Å². The summed E-state index contributed by atoms with van der Waals surface area (Å²) in [6, 6.07) is 11.8. The summed E-state index contributed by atoms with van der Waals surface area (Å²) < 4.78 is 0.986. The minimum atomic E-state index is 0.0940. The predicted octanol–water partition coefficient (Wildman–Crippen LogP) is 5.43. The summed E-state index contributed by atoms with van der Waals surface area (Å²) in [6.07, 6.45) is 1.08. The molecule has 0 unspecified atom stereocenters. The van der Waals surface area contributed by atoms with Gasteiger partial charge in [0.05, 0.1) is 8.66 Å². The average Bonchev–Trinajstić information content (AvgIpc) is 2.85. The quantitative estimate of drug-likeness (QED) is 0.680. The van der Waals surface area contributed by atoms with E-state index in [9.17, 15) is 4.79 Å². The molecule has 1 nitrogen and oxygen atoms in total. The lowest BCUT2D eigenvalue weighted by Gasteiger charge is -2.23. The van der Waals surface area contributed by atoms with E-state index in [1.165, 1.54) is 16.9 Å². The van der Waals surface area contributed by atoms with E-state index in [1.54, 1.807) is 0 Å². The van der Waals surface area contributed by atoms with E-state index in [0.29, 0.717) is 0 Å². The van der Waals surface area contributed by atoms with Crippen LogP contribution in [0.1, 0.15) is 48.0 Å². The zero-order valence-electron chi connectivity index (χ0n) is 11.4. The van der Waals surface area contributed by atoms with Crippen LogP contribution in [0.4, 0.5) is 0 Å². The van der Waals surface area contributed by atoms with Gasteiger partial charge in [0.2, 0.25) is 5.78 Å². The van der Waals surface area contributed by atoms with Crippen LogP contribution in [0.25, 0.3) is 0 Å². The lowest BCUT2D eigenvalue weighted by molar-refractivity contribution is 0.104. The van der Waals surface area contributed by atoms with Crippen LogP contribution in [0, 0.1) is 0 Å². The van der Waals surface area contributed by atoms with Gasteiger partial charge in [-0.25, -0.2) is 0 Å². The Labute approximate surface area is 126 Å². The summed E-state index contributed by atoms with van der Waals surface area (Å²) in [5, 5.41) is 0. The third-order valence-corrected chi connectivity index (χ3v) is 5.23. The van der Waals surface area contributed by atoms with Crippen molar-refractivity contribution in [3.8, 4) is 0 Å². The van der Waals surface area contributed by atoms with Crippen LogP contribution in [-0.4, -0.2) is 5.78 Å². The lowest BCUT2D eigenvalue weighted by atomic mass is 9.82. The maximum atomic E-state index is 12.3. The second-order valence-corrected chi connectivity index (χ2v) is 7.71. The highest BCUT2D eigenvalue weighted by atomic mass is 79.9. The van der Waals surface area contributed by atoms with Gasteiger partial charge in [0.1, 0.15) is 0 Å². The average molecular weight is 337 g/mol. The van der Waals surface area contributed by atoms with Gasteiger partial charge in [0, 0.05) is 5.56 Å². The molecule has 1 aromatic carbocycles. The zero-order chi connectivity index (χ0) is 14.0. The van der Waals surface area contributed by atoms with E-state index < -0.39 is 0 Å². The molecule has 0 saturated heterocycles. The Morgan fingerprint density at radius 1 is 1.16 bits per heavy atom. The summed E-state index contributed by atoms with van der Waals surface area (Å²) in [4.78, 5) is 13.1. The summed E-state index contributed by atoms with van der Waals surface area (Å²) >= 11 is 4.86. The van der Waals surface area contributed by atoms with E-state index in [0.717, 1.165) is 20.6 Å². The van der Waals surface area contributed by atoms with Crippen LogP contribution in [0.15, 0.2) is 40.2 Å². The van der Waals surface area contributed by atoms with Crippen molar-refractivity contribution in [1.82, 2.24) is 0 Å². The molecule has 3 heteroatoms. The summed E-state index contributed by atoms with van der Waals surface area (Å²) in [5.41, 5.74) is 2.19. The third-order valence-electron chi connectivity index (χ3n) is 3.61. The fourth-order valence-corrected chi connectivity index (χ4v) is 3.20. The molecule has 0 fully saturated rings. The van der Waals surface area contributed by atoms with Crippen molar-refractivity contribution in [1.29, 1.82) is 0 Å². The first-order valence-corrected chi connectivity index (χ1v) is 7.95. The second-order valence-electron chi connectivity index (χ2n) is 5.25. The molecule has 0 saturated carbocycles. The first kappa shape index (κ1) is 14.5. The molecule has 0 aliphatic carbocycles. The van der Waals surface area contributed by atoms with Crippen molar-refractivity contribution in [3.63, 3.8) is 0 Å². The van der Waals surface area contributed by atoms with Crippen LogP contribution in [-0.2, 0) is 5.41 Å². The molecule has 0 aliphatic rings. The van der Waals surface area contributed by atoms with Gasteiger partial charge in [-0.05, 0) is 45.5 Å². The summed E-state index contributed by atoms with van der Waals surface area (Å²) in [7, 11) is 0. The number of carbonyl (C=O) groups excluding carboxylic acids is 1. The minimum absolute atomic E-state index is 0.0940. The van der Waals surface area contributed by atoms with Gasteiger partial charge >= 0.3 is 0 Å². The predicted molar refractivity (Wildman–Crippen MR) is 85.2 cm³/mol. The molecule has 2 aromatic rings. The van der Waals surface area contributed by atoms with Gasteiger partial charge in [0.25, 0.3) is 0 Å². The van der Waals surface area contributed by atoms with E-state index in [2.05, 4.69) is 48.8 Å². The molecular weight excluding hydrogens is 320 g/mol. The van der Waals surface area contributed by atoms with Crippen LogP contribution in [0.5, 0.6) is 0 Å². The first-order chi connectivity index (χ1) is 8.94. The number of halogens is 1. The number of rotatable bonds is 4. The van der Waals surface area contributed by atoms with Gasteiger partial charge in [-0.2, -0.15) is 0 Å². The van der Waals surface area contributed by atoms with Crippen molar-refractivity contribution in [3.05, 3.63) is 56.2 Å². The normalized spacial score (nSPS) is 11.6. The molecule has 100 valence electrons. The Balaban J connectivity index is 2.26. The Morgan fingerprint density at radius 2 is 1.79 bits per heavy atom. The molecule has 0 aliphatic heterocycles. The van der Waals surface area contributed by atoms with Crippen LogP contribution in [0.3, 0.4) is 0 Å². The molecule has 1 heterocycles. The fraction of sp³-hybridized carbons (Fsp3) is 0.312. The van der Waals surface area contributed by atoms with Gasteiger partial charge in [-0.15, -0.1) is 11.3 Å².